The summed E-state index contributed by atoms with van der Waals surface area (Å²) in [4.78, 5) is 0. The van der Waals surface area contributed by atoms with Crippen LogP contribution in [0.1, 0.15) is 51.2 Å². The maximum Gasteiger partial charge on any atom is 0.124 e. The van der Waals surface area contributed by atoms with Crippen molar-refractivity contribution < 1.29 is 9.47 Å². The summed E-state index contributed by atoms with van der Waals surface area (Å²) in [5, 5.41) is 3.55. The third-order valence-electron chi connectivity index (χ3n) is 3.84. The van der Waals surface area contributed by atoms with Crippen molar-refractivity contribution in [1.82, 2.24) is 5.32 Å². The van der Waals surface area contributed by atoms with Crippen molar-refractivity contribution in [2.75, 3.05) is 7.11 Å². The second-order valence-electron chi connectivity index (χ2n) is 6.55. The predicted molar refractivity (Wildman–Crippen MR) is 86.6 cm³/mol. The lowest BCUT2D eigenvalue weighted by molar-refractivity contribution is 0.0387. The molecule has 21 heavy (non-hydrogen) atoms. The van der Waals surface area contributed by atoms with E-state index in [-0.39, 0.29) is 6.10 Å². The van der Waals surface area contributed by atoms with Crippen LogP contribution >= 0.6 is 0 Å². The zero-order valence-corrected chi connectivity index (χ0v) is 13.8. The second-order valence-corrected chi connectivity index (χ2v) is 6.55. The van der Waals surface area contributed by atoms with Crippen LogP contribution < -0.4 is 10.1 Å². The van der Waals surface area contributed by atoms with Gasteiger partial charge in [0.25, 0.3) is 0 Å². The Hall–Kier alpha value is -1.06. The Morgan fingerprint density at radius 2 is 2.00 bits per heavy atom. The number of methoxy groups -OCH3 is 1. The summed E-state index contributed by atoms with van der Waals surface area (Å²) in [6.07, 6.45) is 4.01. The van der Waals surface area contributed by atoms with Gasteiger partial charge in [0.2, 0.25) is 0 Å². The summed E-state index contributed by atoms with van der Waals surface area (Å²) < 4.78 is 11.4. The van der Waals surface area contributed by atoms with Gasteiger partial charge in [-0.3, -0.25) is 0 Å². The van der Waals surface area contributed by atoms with E-state index in [0.29, 0.717) is 12.5 Å². The summed E-state index contributed by atoms with van der Waals surface area (Å²) in [7, 11) is 1.72. The number of hydrogen-bond donors (Lipinski definition) is 1. The monoisotopic (exact) mass is 291 g/mol. The molecule has 0 aromatic heterocycles. The Labute approximate surface area is 129 Å². The molecule has 1 aliphatic carbocycles. The van der Waals surface area contributed by atoms with Crippen LogP contribution in [0.4, 0.5) is 0 Å². The standard InChI is InChI=1S/C18H29NO2/c1-13(2)9-14(3)21-12-16-10-15(5-8-18(16)20-4)11-19-17-6-7-17/h5,8,10,13-14,17,19H,6-7,9,11-12H2,1-4H3. The quantitative estimate of drug-likeness (QED) is 0.748. The summed E-state index contributed by atoms with van der Waals surface area (Å²) in [6.45, 7) is 8.15. The molecule has 3 nitrogen and oxygen atoms in total. The average Bonchev–Trinajstić information content (AvgIpc) is 3.26. The molecule has 0 bridgehead atoms. The van der Waals surface area contributed by atoms with E-state index < -0.39 is 0 Å². The summed E-state index contributed by atoms with van der Waals surface area (Å²) >= 11 is 0. The van der Waals surface area contributed by atoms with Crippen LogP contribution in [-0.4, -0.2) is 19.3 Å². The van der Waals surface area contributed by atoms with E-state index in [1.807, 2.05) is 0 Å². The predicted octanol–water partition coefficient (Wildman–Crippen LogP) is 3.90. The normalized spacial score (nSPS) is 16.2. The molecular weight excluding hydrogens is 262 g/mol. The minimum absolute atomic E-state index is 0.281. The van der Waals surface area contributed by atoms with E-state index >= 15 is 0 Å². The van der Waals surface area contributed by atoms with Crippen LogP contribution in [0.2, 0.25) is 0 Å². The fourth-order valence-corrected chi connectivity index (χ4v) is 2.57. The van der Waals surface area contributed by atoms with Gasteiger partial charge in [-0.25, -0.2) is 0 Å². The summed E-state index contributed by atoms with van der Waals surface area (Å²) in [6, 6.07) is 7.12. The van der Waals surface area contributed by atoms with Crippen molar-refractivity contribution in [1.29, 1.82) is 0 Å². The topological polar surface area (TPSA) is 30.5 Å². The second kappa shape index (κ2) is 7.81. The first-order valence-electron chi connectivity index (χ1n) is 8.09. The molecule has 0 amide bonds. The fourth-order valence-electron chi connectivity index (χ4n) is 2.57. The van der Waals surface area contributed by atoms with Gasteiger partial charge in [0.1, 0.15) is 5.75 Å². The van der Waals surface area contributed by atoms with Crippen molar-refractivity contribution in [3.63, 3.8) is 0 Å². The van der Waals surface area contributed by atoms with E-state index in [2.05, 4.69) is 44.3 Å². The molecule has 1 atom stereocenters. The smallest absolute Gasteiger partial charge is 0.124 e. The first-order valence-corrected chi connectivity index (χ1v) is 8.09. The minimum atomic E-state index is 0.281. The summed E-state index contributed by atoms with van der Waals surface area (Å²) in [5.41, 5.74) is 2.45. The lowest BCUT2D eigenvalue weighted by Gasteiger charge is -2.17. The van der Waals surface area contributed by atoms with Crippen LogP contribution in [0.5, 0.6) is 5.75 Å². The van der Waals surface area contributed by atoms with Gasteiger partial charge >= 0.3 is 0 Å². The fraction of sp³-hybridized carbons (Fsp3) is 0.667. The van der Waals surface area contributed by atoms with Crippen molar-refractivity contribution in [2.45, 2.75) is 65.3 Å². The van der Waals surface area contributed by atoms with Crippen LogP contribution in [0, 0.1) is 5.92 Å². The Balaban J connectivity index is 1.92. The molecule has 1 unspecified atom stereocenters. The van der Waals surface area contributed by atoms with E-state index in [1.54, 1.807) is 7.11 Å². The average molecular weight is 291 g/mol. The van der Waals surface area contributed by atoms with Gasteiger partial charge in [-0.05, 0) is 49.8 Å². The minimum Gasteiger partial charge on any atom is -0.496 e. The highest BCUT2D eigenvalue weighted by molar-refractivity contribution is 5.37. The van der Waals surface area contributed by atoms with E-state index in [1.165, 1.54) is 18.4 Å². The van der Waals surface area contributed by atoms with Crippen LogP contribution in [-0.2, 0) is 17.9 Å². The third-order valence-corrected chi connectivity index (χ3v) is 3.84. The van der Waals surface area contributed by atoms with Crippen molar-refractivity contribution in [3.8, 4) is 5.75 Å². The van der Waals surface area contributed by atoms with Crippen LogP contribution in [0.25, 0.3) is 0 Å². The largest absolute Gasteiger partial charge is 0.496 e. The Bertz CT molecular complexity index is 441. The maximum absolute atomic E-state index is 5.97. The number of ether oxygens (including phenoxy) is 2. The molecule has 3 heteroatoms. The molecular formula is C18H29NO2. The number of nitrogens with one attached hydrogen (secondary N) is 1. The summed E-state index contributed by atoms with van der Waals surface area (Å²) in [5.74, 6) is 1.58. The molecule has 118 valence electrons. The molecule has 1 fully saturated rings. The SMILES string of the molecule is COc1ccc(CNC2CC2)cc1COC(C)CC(C)C. The first-order chi connectivity index (χ1) is 10.1. The number of rotatable bonds is 9. The highest BCUT2D eigenvalue weighted by Crippen LogP contribution is 2.23. The molecule has 1 N–H and O–H groups in total. The van der Waals surface area contributed by atoms with Gasteiger partial charge in [0.05, 0.1) is 19.8 Å². The lowest BCUT2D eigenvalue weighted by Crippen LogP contribution is -2.16. The van der Waals surface area contributed by atoms with Gasteiger partial charge in [0, 0.05) is 18.2 Å². The highest BCUT2D eigenvalue weighted by atomic mass is 16.5. The van der Waals surface area contributed by atoms with Gasteiger partial charge < -0.3 is 14.8 Å². The molecule has 0 aliphatic heterocycles. The van der Waals surface area contributed by atoms with Gasteiger partial charge in [0.15, 0.2) is 0 Å². The molecule has 2 rings (SSSR count). The van der Waals surface area contributed by atoms with Crippen molar-refractivity contribution in [3.05, 3.63) is 29.3 Å². The van der Waals surface area contributed by atoms with E-state index in [9.17, 15) is 0 Å². The van der Waals surface area contributed by atoms with Crippen molar-refractivity contribution >= 4 is 0 Å². The Morgan fingerprint density at radius 3 is 2.62 bits per heavy atom. The maximum atomic E-state index is 5.97. The molecule has 1 aromatic rings. The number of hydrogen-bond acceptors (Lipinski definition) is 3. The van der Waals surface area contributed by atoms with Gasteiger partial charge in [-0.2, -0.15) is 0 Å². The van der Waals surface area contributed by atoms with E-state index in [4.69, 9.17) is 9.47 Å². The molecule has 0 radical (unpaired) electrons. The molecule has 1 aliphatic rings. The Morgan fingerprint density at radius 1 is 1.24 bits per heavy atom. The van der Waals surface area contributed by atoms with Crippen LogP contribution in [0.15, 0.2) is 18.2 Å². The lowest BCUT2D eigenvalue weighted by atomic mass is 10.1. The molecule has 0 saturated heterocycles. The molecule has 0 heterocycles. The van der Waals surface area contributed by atoms with Crippen LogP contribution in [0.3, 0.4) is 0 Å². The highest BCUT2D eigenvalue weighted by Gasteiger charge is 2.20. The van der Waals surface area contributed by atoms with Crippen molar-refractivity contribution in [2.24, 2.45) is 5.92 Å². The zero-order chi connectivity index (χ0) is 15.2. The van der Waals surface area contributed by atoms with Gasteiger partial charge in [-0.1, -0.05) is 19.9 Å². The first kappa shape index (κ1) is 16.3. The number of benzene rings is 1. The third kappa shape index (κ3) is 5.68. The van der Waals surface area contributed by atoms with Gasteiger partial charge in [-0.15, -0.1) is 0 Å². The Kier molecular flexibility index (Phi) is 6.07. The molecule has 1 saturated carbocycles. The van der Waals surface area contributed by atoms with E-state index in [0.717, 1.165) is 30.3 Å². The molecule has 1 aromatic carbocycles. The molecule has 0 spiro atoms. The zero-order valence-electron chi connectivity index (χ0n) is 13.8.